The Morgan fingerprint density at radius 3 is 2.24 bits per heavy atom. The number of para-hydroxylation sites is 1. The first-order chi connectivity index (χ1) is 12.1. The quantitative estimate of drug-likeness (QED) is 0.524. The summed E-state index contributed by atoms with van der Waals surface area (Å²) in [5, 5.41) is 4.65. The molecule has 3 aromatic rings. The highest BCUT2D eigenvalue weighted by molar-refractivity contribution is 6.42. The van der Waals surface area contributed by atoms with Gasteiger partial charge in [-0.25, -0.2) is 0 Å². The van der Waals surface area contributed by atoms with Crippen LogP contribution in [-0.2, 0) is 6.54 Å². The number of hydrogen-bond donors (Lipinski definition) is 1. The van der Waals surface area contributed by atoms with Gasteiger partial charge < -0.3 is 10.1 Å². The molecule has 0 radical (unpaired) electrons. The van der Waals surface area contributed by atoms with E-state index in [1.165, 1.54) is 5.56 Å². The molecule has 0 aromatic heterocycles. The first-order valence-corrected chi connectivity index (χ1v) is 8.88. The first-order valence-electron chi connectivity index (χ1n) is 8.12. The number of ether oxygens (including phenoxy) is 1. The molecule has 0 amide bonds. The van der Waals surface area contributed by atoms with Gasteiger partial charge in [0.2, 0.25) is 0 Å². The molecule has 0 heterocycles. The van der Waals surface area contributed by atoms with E-state index in [0.29, 0.717) is 10.0 Å². The van der Waals surface area contributed by atoms with E-state index >= 15 is 0 Å². The van der Waals surface area contributed by atoms with E-state index < -0.39 is 0 Å². The van der Waals surface area contributed by atoms with Gasteiger partial charge in [0.05, 0.1) is 10.0 Å². The predicted molar refractivity (Wildman–Crippen MR) is 105 cm³/mol. The number of hydrogen-bond acceptors (Lipinski definition) is 2. The lowest BCUT2D eigenvalue weighted by Crippen LogP contribution is -2.18. The molecule has 25 heavy (non-hydrogen) atoms. The molecule has 4 heteroatoms. The molecule has 0 aliphatic carbocycles. The van der Waals surface area contributed by atoms with Crippen molar-refractivity contribution in [1.82, 2.24) is 5.32 Å². The fraction of sp³-hybridized carbons (Fsp3) is 0.143. The molecule has 0 aliphatic heterocycles. The number of rotatable bonds is 6. The van der Waals surface area contributed by atoms with Crippen LogP contribution in [0.1, 0.15) is 24.1 Å². The zero-order chi connectivity index (χ0) is 17.6. The van der Waals surface area contributed by atoms with E-state index in [0.717, 1.165) is 23.6 Å². The number of nitrogens with one attached hydrogen (secondary N) is 1. The molecular weight excluding hydrogens is 353 g/mol. The summed E-state index contributed by atoms with van der Waals surface area (Å²) >= 11 is 12.4. The predicted octanol–water partition coefficient (Wildman–Crippen LogP) is 6.64. The third kappa shape index (κ3) is 4.76. The van der Waals surface area contributed by atoms with E-state index in [9.17, 15) is 0 Å². The van der Waals surface area contributed by atoms with Crippen LogP contribution in [0.3, 0.4) is 0 Å². The van der Waals surface area contributed by atoms with E-state index in [2.05, 4.69) is 24.4 Å². The lowest BCUT2D eigenvalue weighted by atomic mass is 10.1. The van der Waals surface area contributed by atoms with Crippen molar-refractivity contribution in [2.45, 2.75) is 19.5 Å². The standard InChI is InChI=1S/C21H19Cl2NO/c1-15(19-8-5-9-20(22)21(19)23)24-14-16-10-12-18(13-11-16)25-17-6-3-2-4-7-17/h2-13,15,24H,14H2,1H3. The Balaban J connectivity index is 1.59. The van der Waals surface area contributed by atoms with Gasteiger partial charge in [-0.1, -0.05) is 65.7 Å². The van der Waals surface area contributed by atoms with Crippen LogP contribution < -0.4 is 10.1 Å². The maximum absolute atomic E-state index is 6.28. The van der Waals surface area contributed by atoms with Gasteiger partial charge in [-0.05, 0) is 48.4 Å². The summed E-state index contributed by atoms with van der Waals surface area (Å²) in [6, 6.07) is 23.6. The third-order valence-corrected chi connectivity index (χ3v) is 4.80. The summed E-state index contributed by atoms with van der Waals surface area (Å²) in [5.74, 6) is 1.65. The van der Waals surface area contributed by atoms with Crippen molar-refractivity contribution in [3.8, 4) is 11.5 Å². The van der Waals surface area contributed by atoms with Gasteiger partial charge in [-0.2, -0.15) is 0 Å². The van der Waals surface area contributed by atoms with Crippen molar-refractivity contribution in [2.75, 3.05) is 0 Å². The average molecular weight is 372 g/mol. The minimum atomic E-state index is 0.103. The fourth-order valence-electron chi connectivity index (χ4n) is 2.54. The van der Waals surface area contributed by atoms with Crippen LogP contribution in [0, 0.1) is 0 Å². The van der Waals surface area contributed by atoms with Crippen LogP contribution in [0.4, 0.5) is 0 Å². The van der Waals surface area contributed by atoms with Gasteiger partial charge in [0, 0.05) is 12.6 Å². The van der Waals surface area contributed by atoms with Crippen LogP contribution in [0.15, 0.2) is 72.8 Å². The van der Waals surface area contributed by atoms with Gasteiger partial charge in [0.15, 0.2) is 0 Å². The van der Waals surface area contributed by atoms with Gasteiger partial charge in [0.25, 0.3) is 0 Å². The van der Waals surface area contributed by atoms with Crippen LogP contribution in [-0.4, -0.2) is 0 Å². The zero-order valence-electron chi connectivity index (χ0n) is 13.9. The van der Waals surface area contributed by atoms with Crippen LogP contribution in [0.25, 0.3) is 0 Å². The summed E-state index contributed by atoms with van der Waals surface area (Å²) in [6.07, 6.45) is 0. The summed E-state index contributed by atoms with van der Waals surface area (Å²) in [6.45, 7) is 2.81. The summed E-state index contributed by atoms with van der Waals surface area (Å²) < 4.78 is 5.80. The van der Waals surface area contributed by atoms with Crippen molar-refractivity contribution in [3.63, 3.8) is 0 Å². The Morgan fingerprint density at radius 1 is 0.840 bits per heavy atom. The fourth-order valence-corrected chi connectivity index (χ4v) is 3.01. The number of halogens is 2. The van der Waals surface area contributed by atoms with E-state index in [1.54, 1.807) is 6.07 Å². The highest BCUT2D eigenvalue weighted by Gasteiger charge is 2.11. The van der Waals surface area contributed by atoms with Crippen molar-refractivity contribution in [2.24, 2.45) is 0 Å². The van der Waals surface area contributed by atoms with Crippen LogP contribution >= 0.6 is 23.2 Å². The first kappa shape index (κ1) is 17.8. The second kappa shape index (κ2) is 8.39. The molecule has 128 valence electrons. The Kier molecular flexibility index (Phi) is 5.98. The maximum Gasteiger partial charge on any atom is 0.127 e. The molecule has 1 atom stereocenters. The molecule has 0 bridgehead atoms. The highest BCUT2D eigenvalue weighted by atomic mass is 35.5. The molecule has 3 aromatic carbocycles. The Morgan fingerprint density at radius 2 is 1.52 bits per heavy atom. The molecule has 0 aliphatic rings. The molecule has 0 spiro atoms. The van der Waals surface area contributed by atoms with Crippen molar-refractivity contribution < 1.29 is 4.74 Å². The van der Waals surface area contributed by atoms with Crippen LogP contribution in [0.5, 0.6) is 11.5 Å². The second-order valence-corrected chi connectivity index (χ2v) is 6.59. The van der Waals surface area contributed by atoms with E-state index in [-0.39, 0.29) is 6.04 Å². The smallest absolute Gasteiger partial charge is 0.127 e. The van der Waals surface area contributed by atoms with E-state index in [1.807, 2.05) is 54.6 Å². The number of benzene rings is 3. The molecule has 1 N–H and O–H groups in total. The lowest BCUT2D eigenvalue weighted by Gasteiger charge is -2.16. The Bertz CT molecular complexity index is 819. The Labute approximate surface area is 158 Å². The zero-order valence-corrected chi connectivity index (χ0v) is 15.4. The van der Waals surface area contributed by atoms with Crippen molar-refractivity contribution >= 4 is 23.2 Å². The highest BCUT2D eigenvalue weighted by Crippen LogP contribution is 2.30. The van der Waals surface area contributed by atoms with Gasteiger partial charge >= 0.3 is 0 Å². The molecule has 0 fully saturated rings. The summed E-state index contributed by atoms with van der Waals surface area (Å²) in [4.78, 5) is 0. The third-order valence-electron chi connectivity index (χ3n) is 3.96. The largest absolute Gasteiger partial charge is 0.457 e. The van der Waals surface area contributed by atoms with Crippen molar-refractivity contribution in [3.05, 3.63) is 94.0 Å². The monoisotopic (exact) mass is 371 g/mol. The molecular formula is C21H19Cl2NO. The Hall–Kier alpha value is -2.00. The van der Waals surface area contributed by atoms with Gasteiger partial charge in [-0.15, -0.1) is 0 Å². The van der Waals surface area contributed by atoms with Gasteiger partial charge in [0.1, 0.15) is 11.5 Å². The summed E-state index contributed by atoms with van der Waals surface area (Å²) in [5.41, 5.74) is 2.17. The topological polar surface area (TPSA) is 21.3 Å². The molecule has 3 rings (SSSR count). The second-order valence-electron chi connectivity index (χ2n) is 5.80. The lowest BCUT2D eigenvalue weighted by molar-refractivity contribution is 0.482. The van der Waals surface area contributed by atoms with Crippen LogP contribution in [0.2, 0.25) is 10.0 Å². The minimum Gasteiger partial charge on any atom is -0.457 e. The SMILES string of the molecule is CC(NCc1ccc(Oc2ccccc2)cc1)c1cccc(Cl)c1Cl. The van der Waals surface area contributed by atoms with Gasteiger partial charge in [-0.3, -0.25) is 0 Å². The summed E-state index contributed by atoms with van der Waals surface area (Å²) in [7, 11) is 0. The minimum absolute atomic E-state index is 0.103. The maximum atomic E-state index is 6.28. The molecule has 2 nitrogen and oxygen atoms in total. The normalized spacial score (nSPS) is 12.0. The van der Waals surface area contributed by atoms with E-state index in [4.69, 9.17) is 27.9 Å². The molecule has 0 saturated heterocycles. The molecule has 1 unspecified atom stereocenters. The average Bonchev–Trinajstić information content (AvgIpc) is 2.64. The van der Waals surface area contributed by atoms with Crippen molar-refractivity contribution in [1.29, 1.82) is 0 Å². The molecule has 0 saturated carbocycles.